The molecule has 0 aliphatic carbocycles. The highest BCUT2D eigenvalue weighted by atomic mass is 32.2. The standard InChI is InChI=1S/C22H26FN5O3S2/c1-5-27-20(13-28(33(4,30)31)18-9-7-17(23)8-10-18)25-26-22(27)32-14-21(29)24-19-11-6-15(2)12-16(19)3/h6-12H,5,13-14H2,1-4H3,(H,24,29). The zero-order valence-electron chi connectivity index (χ0n) is 18.9. The minimum Gasteiger partial charge on any atom is -0.325 e. The van der Waals surface area contributed by atoms with Gasteiger partial charge in [-0.25, -0.2) is 12.8 Å². The molecule has 0 unspecified atom stereocenters. The highest BCUT2D eigenvalue weighted by molar-refractivity contribution is 7.99. The van der Waals surface area contributed by atoms with Crippen molar-refractivity contribution in [3.8, 4) is 0 Å². The van der Waals surface area contributed by atoms with Gasteiger partial charge in [0.25, 0.3) is 0 Å². The summed E-state index contributed by atoms with van der Waals surface area (Å²) in [6.07, 6.45) is 1.08. The summed E-state index contributed by atoms with van der Waals surface area (Å²) in [4.78, 5) is 12.4. The van der Waals surface area contributed by atoms with E-state index in [2.05, 4.69) is 15.5 Å². The number of carbonyl (C=O) groups is 1. The molecule has 0 saturated heterocycles. The first-order valence-corrected chi connectivity index (χ1v) is 13.1. The third-order valence-corrected chi connectivity index (χ3v) is 7.01. The quantitative estimate of drug-likeness (QED) is 0.458. The molecule has 1 aromatic heterocycles. The van der Waals surface area contributed by atoms with E-state index >= 15 is 0 Å². The highest BCUT2D eigenvalue weighted by Crippen LogP contribution is 2.24. The van der Waals surface area contributed by atoms with Crippen LogP contribution in [0.1, 0.15) is 23.9 Å². The second-order valence-corrected chi connectivity index (χ2v) is 10.4. The Kier molecular flexibility index (Phi) is 7.75. The van der Waals surface area contributed by atoms with Gasteiger partial charge in [-0.1, -0.05) is 29.5 Å². The predicted octanol–water partition coefficient (Wildman–Crippen LogP) is 3.75. The molecule has 0 saturated carbocycles. The fraction of sp³-hybridized carbons (Fsp3) is 0.318. The summed E-state index contributed by atoms with van der Waals surface area (Å²) in [5, 5.41) is 11.7. The first-order valence-electron chi connectivity index (χ1n) is 10.2. The molecule has 2 aromatic carbocycles. The molecule has 0 spiro atoms. The molecule has 3 aromatic rings. The van der Waals surface area contributed by atoms with Crippen molar-refractivity contribution in [1.29, 1.82) is 0 Å². The molecule has 1 heterocycles. The average molecular weight is 492 g/mol. The molecule has 1 amide bonds. The molecule has 33 heavy (non-hydrogen) atoms. The van der Waals surface area contributed by atoms with Gasteiger partial charge in [0.1, 0.15) is 5.82 Å². The van der Waals surface area contributed by atoms with E-state index in [-0.39, 0.29) is 18.2 Å². The van der Waals surface area contributed by atoms with Gasteiger partial charge < -0.3 is 9.88 Å². The number of amides is 1. The second-order valence-electron chi connectivity index (χ2n) is 7.54. The van der Waals surface area contributed by atoms with Crippen LogP contribution in [0.5, 0.6) is 0 Å². The number of aryl methyl sites for hydroxylation is 2. The van der Waals surface area contributed by atoms with Gasteiger partial charge in [-0.05, 0) is 56.7 Å². The van der Waals surface area contributed by atoms with Crippen molar-refractivity contribution in [1.82, 2.24) is 14.8 Å². The van der Waals surface area contributed by atoms with Gasteiger partial charge in [0, 0.05) is 12.2 Å². The Morgan fingerprint density at radius 2 is 1.85 bits per heavy atom. The van der Waals surface area contributed by atoms with Crippen molar-refractivity contribution in [2.45, 2.75) is 39.0 Å². The maximum absolute atomic E-state index is 13.3. The third-order valence-electron chi connectivity index (χ3n) is 4.90. The molecule has 0 aliphatic heterocycles. The number of halogens is 1. The molecule has 8 nitrogen and oxygen atoms in total. The Bertz CT molecular complexity index is 1240. The monoisotopic (exact) mass is 491 g/mol. The van der Waals surface area contributed by atoms with Gasteiger partial charge in [0.15, 0.2) is 11.0 Å². The molecule has 1 N–H and O–H groups in total. The van der Waals surface area contributed by atoms with Crippen LogP contribution < -0.4 is 9.62 Å². The molecular formula is C22H26FN5O3S2. The summed E-state index contributed by atoms with van der Waals surface area (Å²) >= 11 is 1.22. The smallest absolute Gasteiger partial charge is 0.234 e. The van der Waals surface area contributed by atoms with E-state index in [1.54, 1.807) is 4.57 Å². The van der Waals surface area contributed by atoms with E-state index < -0.39 is 15.8 Å². The lowest BCUT2D eigenvalue weighted by Gasteiger charge is -2.22. The number of rotatable bonds is 9. The summed E-state index contributed by atoms with van der Waals surface area (Å²) in [6, 6.07) is 11.0. The number of nitrogens with zero attached hydrogens (tertiary/aromatic N) is 4. The fourth-order valence-electron chi connectivity index (χ4n) is 3.27. The zero-order chi connectivity index (χ0) is 24.2. The Balaban J connectivity index is 1.73. The maximum atomic E-state index is 13.3. The second kappa shape index (κ2) is 10.3. The molecule has 11 heteroatoms. The predicted molar refractivity (Wildman–Crippen MR) is 128 cm³/mol. The van der Waals surface area contributed by atoms with Gasteiger partial charge in [0.05, 0.1) is 24.2 Å². The van der Waals surface area contributed by atoms with Crippen LogP contribution in [0.3, 0.4) is 0 Å². The Hall–Kier alpha value is -2.92. The van der Waals surface area contributed by atoms with Crippen LogP contribution in [0.4, 0.5) is 15.8 Å². The number of carbonyl (C=O) groups excluding carboxylic acids is 1. The Morgan fingerprint density at radius 3 is 2.45 bits per heavy atom. The van der Waals surface area contributed by atoms with Crippen LogP contribution in [0.25, 0.3) is 0 Å². The van der Waals surface area contributed by atoms with Crippen molar-refractivity contribution >= 4 is 39.1 Å². The van der Waals surface area contributed by atoms with Gasteiger partial charge in [0.2, 0.25) is 15.9 Å². The van der Waals surface area contributed by atoms with Crippen LogP contribution in [0.15, 0.2) is 47.6 Å². The van der Waals surface area contributed by atoms with Crippen molar-refractivity contribution in [2.24, 2.45) is 0 Å². The van der Waals surface area contributed by atoms with E-state index in [1.807, 2.05) is 39.0 Å². The van der Waals surface area contributed by atoms with Crippen LogP contribution in [0, 0.1) is 19.7 Å². The molecule has 0 atom stereocenters. The van der Waals surface area contributed by atoms with Crippen molar-refractivity contribution in [3.05, 3.63) is 65.2 Å². The van der Waals surface area contributed by atoms with Crippen LogP contribution in [0.2, 0.25) is 0 Å². The largest absolute Gasteiger partial charge is 0.325 e. The number of nitrogens with one attached hydrogen (secondary N) is 1. The van der Waals surface area contributed by atoms with E-state index in [9.17, 15) is 17.6 Å². The molecule has 0 fully saturated rings. The minimum absolute atomic E-state index is 0.0688. The molecule has 176 valence electrons. The lowest BCUT2D eigenvalue weighted by atomic mass is 10.1. The number of thioether (sulfide) groups is 1. The summed E-state index contributed by atoms with van der Waals surface area (Å²) in [6.45, 7) is 6.23. The zero-order valence-corrected chi connectivity index (χ0v) is 20.5. The normalized spacial score (nSPS) is 11.4. The Morgan fingerprint density at radius 1 is 1.15 bits per heavy atom. The maximum Gasteiger partial charge on any atom is 0.234 e. The summed E-state index contributed by atoms with van der Waals surface area (Å²) in [5.74, 6) is -0.0892. The first-order chi connectivity index (χ1) is 15.6. The Labute approximate surface area is 197 Å². The molecule has 0 radical (unpaired) electrons. The topological polar surface area (TPSA) is 97.2 Å². The van der Waals surface area contributed by atoms with E-state index in [4.69, 9.17) is 0 Å². The van der Waals surface area contributed by atoms with Gasteiger partial charge >= 0.3 is 0 Å². The van der Waals surface area contributed by atoms with Crippen LogP contribution in [-0.4, -0.2) is 41.1 Å². The van der Waals surface area contributed by atoms with E-state index in [0.717, 1.165) is 27.4 Å². The van der Waals surface area contributed by atoms with Gasteiger partial charge in [-0.15, -0.1) is 10.2 Å². The third kappa shape index (κ3) is 6.32. The van der Waals surface area contributed by atoms with E-state index in [0.29, 0.717) is 23.2 Å². The summed E-state index contributed by atoms with van der Waals surface area (Å²) in [5.41, 5.74) is 3.18. The lowest BCUT2D eigenvalue weighted by molar-refractivity contribution is -0.113. The average Bonchev–Trinajstić information content (AvgIpc) is 3.14. The fourth-order valence-corrected chi connectivity index (χ4v) is 4.94. The number of hydrogen-bond donors (Lipinski definition) is 1. The SMILES string of the molecule is CCn1c(CN(c2ccc(F)cc2)S(C)(=O)=O)nnc1SCC(=O)Nc1ccc(C)cc1C. The van der Waals surface area contributed by atoms with Crippen molar-refractivity contribution < 1.29 is 17.6 Å². The number of sulfonamides is 1. The molecular weight excluding hydrogens is 465 g/mol. The molecule has 0 bridgehead atoms. The van der Waals surface area contributed by atoms with Crippen LogP contribution in [-0.2, 0) is 27.9 Å². The van der Waals surface area contributed by atoms with Gasteiger partial charge in [-0.2, -0.15) is 0 Å². The minimum atomic E-state index is -3.65. The number of aromatic nitrogens is 3. The number of hydrogen-bond acceptors (Lipinski definition) is 6. The van der Waals surface area contributed by atoms with Gasteiger partial charge in [-0.3, -0.25) is 9.10 Å². The summed E-state index contributed by atoms with van der Waals surface area (Å²) < 4.78 is 41.0. The molecule has 3 rings (SSSR count). The number of anilines is 2. The van der Waals surface area contributed by atoms with Crippen molar-refractivity contribution in [3.63, 3.8) is 0 Å². The number of benzene rings is 2. The molecule has 0 aliphatic rings. The lowest BCUT2D eigenvalue weighted by Crippen LogP contribution is -2.30. The van der Waals surface area contributed by atoms with E-state index in [1.165, 1.54) is 36.0 Å². The van der Waals surface area contributed by atoms with Crippen molar-refractivity contribution in [2.75, 3.05) is 21.6 Å². The summed E-state index contributed by atoms with van der Waals surface area (Å²) in [7, 11) is -3.65. The highest BCUT2D eigenvalue weighted by Gasteiger charge is 2.22. The van der Waals surface area contributed by atoms with Crippen LogP contribution >= 0.6 is 11.8 Å². The first kappa shape index (κ1) is 24.7.